The molecule has 0 spiro atoms. The number of aromatic nitrogens is 4. The number of esters is 1. The van der Waals surface area contributed by atoms with Crippen molar-refractivity contribution in [2.45, 2.75) is 19.1 Å². The van der Waals surface area contributed by atoms with Gasteiger partial charge in [0.25, 0.3) is 0 Å². The van der Waals surface area contributed by atoms with Crippen LogP contribution in [0.4, 0.5) is 0 Å². The summed E-state index contributed by atoms with van der Waals surface area (Å²) >= 11 is 0. The summed E-state index contributed by atoms with van der Waals surface area (Å²) in [5.74, 6) is -0.416. The Kier molecular flexibility index (Phi) is 5.12. The van der Waals surface area contributed by atoms with Gasteiger partial charge in [0.05, 0.1) is 11.6 Å². The van der Waals surface area contributed by atoms with Crippen molar-refractivity contribution < 1.29 is 9.53 Å². The SMILES string of the molecule is N#Cc1ccc(COC(=O)[C@H](Cc2ccccc2)n2cnnn2)cc1. The summed E-state index contributed by atoms with van der Waals surface area (Å²) in [6.07, 6.45) is 1.83. The van der Waals surface area contributed by atoms with Gasteiger partial charge in [-0.25, -0.2) is 9.48 Å². The van der Waals surface area contributed by atoms with Crippen LogP contribution in [0.1, 0.15) is 22.7 Å². The maximum Gasteiger partial charge on any atom is 0.331 e. The zero-order valence-electron chi connectivity index (χ0n) is 13.3. The van der Waals surface area contributed by atoms with Crippen LogP contribution in [-0.2, 0) is 22.6 Å². The number of ether oxygens (including phenoxy) is 1. The summed E-state index contributed by atoms with van der Waals surface area (Å²) in [5.41, 5.74) is 2.35. The Morgan fingerprint density at radius 3 is 2.52 bits per heavy atom. The predicted octanol–water partition coefficient (Wildman–Crippen LogP) is 2.07. The van der Waals surface area contributed by atoms with Crippen LogP contribution in [0.25, 0.3) is 0 Å². The molecule has 7 heteroatoms. The number of hydrogen-bond donors (Lipinski definition) is 0. The summed E-state index contributed by atoms with van der Waals surface area (Å²) in [7, 11) is 0. The van der Waals surface area contributed by atoms with Crippen LogP contribution >= 0.6 is 0 Å². The topological polar surface area (TPSA) is 93.7 Å². The molecule has 0 aliphatic heterocycles. The molecule has 0 unspecified atom stereocenters. The second-order valence-corrected chi connectivity index (χ2v) is 5.41. The molecule has 0 aliphatic carbocycles. The summed E-state index contributed by atoms with van der Waals surface area (Å²) in [5, 5.41) is 19.8. The minimum atomic E-state index is -0.643. The highest BCUT2D eigenvalue weighted by molar-refractivity contribution is 5.74. The monoisotopic (exact) mass is 333 g/mol. The second-order valence-electron chi connectivity index (χ2n) is 5.41. The van der Waals surface area contributed by atoms with Crippen LogP contribution < -0.4 is 0 Å². The zero-order valence-corrected chi connectivity index (χ0v) is 13.3. The Morgan fingerprint density at radius 1 is 1.12 bits per heavy atom. The van der Waals surface area contributed by atoms with Crippen molar-refractivity contribution in [1.82, 2.24) is 20.2 Å². The predicted molar refractivity (Wildman–Crippen MR) is 88.0 cm³/mol. The van der Waals surface area contributed by atoms with Gasteiger partial charge in [-0.15, -0.1) is 5.10 Å². The van der Waals surface area contributed by atoms with Gasteiger partial charge in [-0.3, -0.25) is 0 Å². The van der Waals surface area contributed by atoms with Crippen molar-refractivity contribution in [2.75, 3.05) is 0 Å². The molecule has 25 heavy (non-hydrogen) atoms. The summed E-state index contributed by atoms with van der Waals surface area (Å²) < 4.78 is 6.82. The normalized spacial score (nSPS) is 11.5. The Balaban J connectivity index is 1.69. The van der Waals surface area contributed by atoms with E-state index in [2.05, 4.69) is 15.5 Å². The number of hydrogen-bond acceptors (Lipinski definition) is 6. The molecule has 0 radical (unpaired) electrons. The molecule has 0 saturated heterocycles. The van der Waals surface area contributed by atoms with Crippen molar-refractivity contribution >= 4 is 5.97 Å². The van der Waals surface area contributed by atoms with Crippen LogP contribution in [0, 0.1) is 11.3 Å². The van der Waals surface area contributed by atoms with Crippen LogP contribution in [-0.4, -0.2) is 26.2 Å². The number of carbonyl (C=O) groups is 1. The standard InChI is InChI=1S/C18H15N5O2/c19-11-15-6-8-16(9-7-15)12-25-18(24)17(23-13-20-21-22-23)10-14-4-2-1-3-5-14/h1-9,13,17H,10,12H2/t17-/m0/s1. The molecule has 0 bridgehead atoms. The zero-order chi connectivity index (χ0) is 17.5. The molecule has 124 valence electrons. The first kappa shape index (κ1) is 16.3. The van der Waals surface area contributed by atoms with Gasteiger partial charge in [-0.05, 0) is 33.7 Å². The molecule has 0 amide bonds. The lowest BCUT2D eigenvalue weighted by Gasteiger charge is -2.15. The van der Waals surface area contributed by atoms with E-state index in [1.165, 1.54) is 11.0 Å². The van der Waals surface area contributed by atoms with E-state index >= 15 is 0 Å². The number of benzene rings is 2. The molecule has 0 N–H and O–H groups in total. The first-order chi connectivity index (χ1) is 12.3. The van der Waals surface area contributed by atoms with Gasteiger partial charge in [0.2, 0.25) is 0 Å². The van der Waals surface area contributed by atoms with E-state index in [1.54, 1.807) is 24.3 Å². The van der Waals surface area contributed by atoms with E-state index in [4.69, 9.17) is 10.00 Å². The van der Waals surface area contributed by atoms with Crippen LogP contribution in [0.5, 0.6) is 0 Å². The molecule has 2 aromatic carbocycles. The highest BCUT2D eigenvalue weighted by atomic mass is 16.5. The molecule has 1 aromatic heterocycles. The molecule has 1 heterocycles. The third kappa shape index (κ3) is 4.26. The average Bonchev–Trinajstić information content (AvgIpc) is 3.20. The molecular weight excluding hydrogens is 318 g/mol. The molecule has 1 atom stereocenters. The van der Waals surface area contributed by atoms with Crippen LogP contribution in [0.2, 0.25) is 0 Å². The van der Waals surface area contributed by atoms with Crippen molar-refractivity contribution in [3.8, 4) is 6.07 Å². The average molecular weight is 333 g/mol. The lowest BCUT2D eigenvalue weighted by Crippen LogP contribution is -2.24. The third-order valence-electron chi connectivity index (χ3n) is 3.69. The second kappa shape index (κ2) is 7.84. The van der Waals surface area contributed by atoms with Crippen molar-refractivity contribution in [3.05, 3.63) is 77.6 Å². The first-order valence-electron chi connectivity index (χ1n) is 7.68. The fraction of sp³-hybridized carbons (Fsp3) is 0.167. The minimum Gasteiger partial charge on any atom is -0.459 e. The Bertz CT molecular complexity index is 855. The van der Waals surface area contributed by atoms with Gasteiger partial charge in [0, 0.05) is 6.42 Å². The molecule has 7 nitrogen and oxygen atoms in total. The maximum absolute atomic E-state index is 12.6. The number of carbonyl (C=O) groups excluding carboxylic acids is 1. The Labute approximate surface area is 144 Å². The van der Waals surface area contributed by atoms with E-state index in [9.17, 15) is 4.79 Å². The number of nitrogens with zero attached hydrogens (tertiary/aromatic N) is 5. The molecule has 3 rings (SSSR count). The van der Waals surface area contributed by atoms with Gasteiger partial charge >= 0.3 is 5.97 Å². The van der Waals surface area contributed by atoms with Gasteiger partial charge in [0.15, 0.2) is 6.04 Å². The van der Waals surface area contributed by atoms with Gasteiger partial charge < -0.3 is 4.74 Å². The quantitative estimate of drug-likeness (QED) is 0.641. The van der Waals surface area contributed by atoms with Crippen molar-refractivity contribution in [2.24, 2.45) is 0 Å². The lowest BCUT2D eigenvalue weighted by molar-refractivity contribution is -0.149. The fourth-order valence-electron chi connectivity index (χ4n) is 2.36. The number of nitriles is 1. The highest BCUT2D eigenvalue weighted by Crippen LogP contribution is 2.16. The Hall–Kier alpha value is -3.53. The molecular formula is C18H15N5O2. The fourth-order valence-corrected chi connectivity index (χ4v) is 2.36. The lowest BCUT2D eigenvalue weighted by atomic mass is 10.1. The van der Waals surface area contributed by atoms with E-state index < -0.39 is 12.0 Å². The van der Waals surface area contributed by atoms with Crippen molar-refractivity contribution in [3.63, 3.8) is 0 Å². The molecule has 0 fully saturated rings. The molecule has 3 aromatic rings. The molecule has 0 aliphatic rings. The minimum absolute atomic E-state index is 0.123. The van der Waals surface area contributed by atoms with Gasteiger partial charge in [-0.1, -0.05) is 42.5 Å². The third-order valence-corrected chi connectivity index (χ3v) is 3.69. The smallest absolute Gasteiger partial charge is 0.331 e. The maximum atomic E-state index is 12.6. The molecule has 0 saturated carbocycles. The van der Waals surface area contributed by atoms with E-state index in [-0.39, 0.29) is 6.61 Å². The van der Waals surface area contributed by atoms with Gasteiger partial charge in [0.1, 0.15) is 12.9 Å². The number of rotatable bonds is 6. The summed E-state index contributed by atoms with van der Waals surface area (Å²) in [4.78, 5) is 12.6. The van der Waals surface area contributed by atoms with Gasteiger partial charge in [-0.2, -0.15) is 5.26 Å². The van der Waals surface area contributed by atoms with Crippen molar-refractivity contribution in [1.29, 1.82) is 5.26 Å². The highest BCUT2D eigenvalue weighted by Gasteiger charge is 2.24. The van der Waals surface area contributed by atoms with E-state index in [0.717, 1.165) is 11.1 Å². The largest absolute Gasteiger partial charge is 0.459 e. The Morgan fingerprint density at radius 2 is 1.88 bits per heavy atom. The van der Waals surface area contributed by atoms with E-state index in [0.29, 0.717) is 12.0 Å². The summed E-state index contributed by atoms with van der Waals surface area (Å²) in [6, 6.07) is 17.9. The van der Waals surface area contributed by atoms with Crippen LogP contribution in [0.15, 0.2) is 60.9 Å². The van der Waals surface area contributed by atoms with E-state index in [1.807, 2.05) is 36.4 Å². The summed E-state index contributed by atoms with van der Waals surface area (Å²) in [6.45, 7) is 0.123. The first-order valence-corrected chi connectivity index (χ1v) is 7.68. The number of tetrazole rings is 1. The van der Waals surface area contributed by atoms with Crippen LogP contribution in [0.3, 0.4) is 0 Å².